The molecule has 0 aromatic carbocycles. The van der Waals surface area contributed by atoms with Gasteiger partial charge >= 0.3 is 0 Å². The lowest BCUT2D eigenvalue weighted by atomic mass is 9.70. The average molecular weight is 296 g/mol. The maximum Gasteiger partial charge on any atom is 0.226 e. The molecule has 106 valence electrons. The number of piperidine rings is 1. The maximum atomic E-state index is 11.7. The Morgan fingerprint density at radius 3 is 2.44 bits per heavy atom. The van der Waals surface area contributed by atoms with Gasteiger partial charge in [0.2, 0.25) is 10.0 Å². The van der Waals surface area contributed by atoms with E-state index in [-0.39, 0.29) is 11.6 Å². The van der Waals surface area contributed by atoms with Gasteiger partial charge in [-0.1, -0.05) is 0 Å². The zero-order chi connectivity index (χ0) is 13.4. The molecule has 0 radical (unpaired) electrons. The Balaban J connectivity index is 1.96. The van der Waals surface area contributed by atoms with Gasteiger partial charge in [-0.05, 0) is 38.6 Å². The fourth-order valence-electron chi connectivity index (χ4n) is 2.81. The summed E-state index contributed by atoms with van der Waals surface area (Å²) < 4.78 is 48.1. The van der Waals surface area contributed by atoms with Gasteiger partial charge in [0.15, 0.2) is 14.9 Å². The van der Waals surface area contributed by atoms with Crippen LogP contribution in [0.2, 0.25) is 0 Å². The molecule has 2 aliphatic rings. The Labute approximate surface area is 108 Å². The van der Waals surface area contributed by atoms with Gasteiger partial charge in [0.25, 0.3) is 0 Å². The second-order valence-corrected chi connectivity index (χ2v) is 9.79. The number of rotatable bonds is 4. The van der Waals surface area contributed by atoms with Crippen molar-refractivity contribution in [3.05, 3.63) is 0 Å². The number of nitrogens with one attached hydrogen (secondary N) is 2. The van der Waals surface area contributed by atoms with Crippen LogP contribution < -0.4 is 10.0 Å². The lowest BCUT2D eigenvalue weighted by Crippen LogP contribution is -2.59. The van der Waals surface area contributed by atoms with Crippen molar-refractivity contribution < 1.29 is 16.8 Å². The highest BCUT2D eigenvalue weighted by molar-refractivity contribution is 8.06. The highest BCUT2D eigenvalue weighted by Crippen LogP contribution is 2.38. The van der Waals surface area contributed by atoms with E-state index in [4.69, 9.17) is 0 Å². The summed E-state index contributed by atoms with van der Waals surface area (Å²) in [7, 11) is -7.26. The monoisotopic (exact) mass is 296 g/mol. The summed E-state index contributed by atoms with van der Waals surface area (Å²) in [5, 5.41) is 2.62. The zero-order valence-electron chi connectivity index (χ0n) is 10.5. The summed E-state index contributed by atoms with van der Waals surface area (Å²) in [5.41, 5.74) is 0.0938. The van der Waals surface area contributed by atoms with Gasteiger partial charge in [-0.15, -0.1) is 0 Å². The first kappa shape index (κ1) is 14.2. The molecule has 1 heterocycles. The molecule has 1 aliphatic heterocycles. The van der Waals surface area contributed by atoms with Gasteiger partial charge in [-0.25, -0.2) is 21.6 Å². The number of sulfonamides is 1. The van der Waals surface area contributed by atoms with Crippen molar-refractivity contribution in [1.29, 1.82) is 0 Å². The van der Waals surface area contributed by atoms with E-state index in [0.717, 1.165) is 32.1 Å². The molecule has 0 aromatic heterocycles. The van der Waals surface area contributed by atoms with Crippen LogP contribution in [0.5, 0.6) is 0 Å². The zero-order valence-corrected chi connectivity index (χ0v) is 12.1. The molecule has 2 fully saturated rings. The molecule has 1 spiro atoms. The highest BCUT2D eigenvalue weighted by Gasteiger charge is 2.41. The molecule has 8 heteroatoms. The molecule has 0 amide bonds. The third-order valence-corrected chi connectivity index (χ3v) is 7.30. The second kappa shape index (κ2) is 4.73. The van der Waals surface area contributed by atoms with Gasteiger partial charge in [0.05, 0.1) is 0 Å². The summed E-state index contributed by atoms with van der Waals surface area (Å²) in [6.07, 6.45) is 5.74. The molecule has 18 heavy (non-hydrogen) atoms. The largest absolute Gasteiger partial charge is 0.311 e. The first-order chi connectivity index (χ1) is 8.20. The minimum Gasteiger partial charge on any atom is -0.311 e. The summed E-state index contributed by atoms with van der Waals surface area (Å²) >= 11 is 0. The minimum absolute atomic E-state index is 0.0938. The molecule has 0 bridgehead atoms. The van der Waals surface area contributed by atoms with Crippen LogP contribution in [0, 0.1) is 0 Å². The van der Waals surface area contributed by atoms with E-state index in [1.807, 2.05) is 0 Å². The fourth-order valence-corrected chi connectivity index (χ4v) is 6.05. The Morgan fingerprint density at radius 2 is 1.94 bits per heavy atom. The topological polar surface area (TPSA) is 92.3 Å². The molecule has 1 atom stereocenters. The van der Waals surface area contributed by atoms with Crippen LogP contribution in [0.3, 0.4) is 0 Å². The molecule has 1 saturated heterocycles. The normalized spacial score (nSPS) is 27.9. The van der Waals surface area contributed by atoms with Crippen LogP contribution in [0.1, 0.15) is 32.1 Å². The standard InChI is InChI=1S/C10H20N2O4S2/c1-17(13,14)8-18(15,16)12-9-3-6-11-10(7-9)4-2-5-10/h9,11-12H,2-8H2,1H3. The number of hydrogen-bond acceptors (Lipinski definition) is 5. The molecule has 1 unspecified atom stereocenters. The summed E-state index contributed by atoms with van der Waals surface area (Å²) in [4.78, 5) is 0. The molecule has 1 aliphatic carbocycles. The van der Waals surface area contributed by atoms with E-state index in [0.29, 0.717) is 6.42 Å². The van der Waals surface area contributed by atoms with Crippen molar-refractivity contribution in [2.45, 2.75) is 43.7 Å². The molecule has 2 rings (SSSR count). The van der Waals surface area contributed by atoms with Crippen LogP contribution in [0.25, 0.3) is 0 Å². The summed E-state index contributed by atoms with van der Waals surface area (Å²) in [5.74, 6) is 0. The van der Waals surface area contributed by atoms with Crippen molar-refractivity contribution in [2.75, 3.05) is 17.9 Å². The molecular formula is C10H20N2O4S2. The second-order valence-electron chi connectivity index (χ2n) is 5.53. The first-order valence-corrected chi connectivity index (χ1v) is 9.84. The summed E-state index contributed by atoms with van der Waals surface area (Å²) in [6.45, 7) is 0.784. The van der Waals surface area contributed by atoms with Gasteiger partial charge in [0, 0.05) is 17.8 Å². The predicted octanol–water partition coefficient (Wildman–Crippen LogP) is -0.417. The van der Waals surface area contributed by atoms with Crippen LogP contribution >= 0.6 is 0 Å². The van der Waals surface area contributed by atoms with E-state index in [1.54, 1.807) is 0 Å². The quantitative estimate of drug-likeness (QED) is 0.735. The van der Waals surface area contributed by atoms with E-state index in [1.165, 1.54) is 6.42 Å². The predicted molar refractivity (Wildman–Crippen MR) is 69.4 cm³/mol. The number of sulfone groups is 1. The van der Waals surface area contributed by atoms with Crippen LogP contribution in [-0.2, 0) is 19.9 Å². The molecule has 2 N–H and O–H groups in total. The van der Waals surface area contributed by atoms with Crippen LogP contribution in [0.4, 0.5) is 0 Å². The van der Waals surface area contributed by atoms with Crippen LogP contribution in [0.15, 0.2) is 0 Å². The Hall–Kier alpha value is -0.180. The van der Waals surface area contributed by atoms with Gasteiger partial charge in [-0.3, -0.25) is 0 Å². The van der Waals surface area contributed by atoms with E-state index < -0.39 is 24.9 Å². The van der Waals surface area contributed by atoms with Gasteiger partial charge in [0.1, 0.15) is 0 Å². The lowest BCUT2D eigenvalue weighted by molar-refractivity contribution is 0.126. The van der Waals surface area contributed by atoms with Crippen molar-refractivity contribution >= 4 is 19.9 Å². The molecular weight excluding hydrogens is 276 g/mol. The Bertz CT molecular complexity index is 508. The fraction of sp³-hybridized carbons (Fsp3) is 1.00. The van der Waals surface area contributed by atoms with Crippen molar-refractivity contribution in [3.8, 4) is 0 Å². The Morgan fingerprint density at radius 1 is 1.28 bits per heavy atom. The smallest absolute Gasteiger partial charge is 0.226 e. The highest BCUT2D eigenvalue weighted by atomic mass is 32.3. The van der Waals surface area contributed by atoms with E-state index >= 15 is 0 Å². The average Bonchev–Trinajstić information content (AvgIpc) is 2.10. The summed E-state index contributed by atoms with van der Waals surface area (Å²) in [6, 6.07) is -0.140. The molecule has 6 nitrogen and oxygen atoms in total. The van der Waals surface area contributed by atoms with Gasteiger partial charge in [-0.2, -0.15) is 0 Å². The van der Waals surface area contributed by atoms with E-state index in [9.17, 15) is 16.8 Å². The van der Waals surface area contributed by atoms with Crippen molar-refractivity contribution in [2.24, 2.45) is 0 Å². The lowest BCUT2D eigenvalue weighted by Gasteiger charge is -2.48. The van der Waals surface area contributed by atoms with Crippen LogP contribution in [-0.4, -0.2) is 46.3 Å². The van der Waals surface area contributed by atoms with Crippen molar-refractivity contribution in [3.63, 3.8) is 0 Å². The van der Waals surface area contributed by atoms with Gasteiger partial charge < -0.3 is 5.32 Å². The molecule has 0 aromatic rings. The van der Waals surface area contributed by atoms with E-state index in [2.05, 4.69) is 10.0 Å². The SMILES string of the molecule is CS(=O)(=O)CS(=O)(=O)NC1CCNC2(CCC2)C1. The van der Waals surface area contributed by atoms with Crippen molar-refractivity contribution in [1.82, 2.24) is 10.0 Å². The number of hydrogen-bond donors (Lipinski definition) is 2. The third-order valence-electron chi connectivity index (χ3n) is 3.66. The maximum absolute atomic E-state index is 11.7. The first-order valence-electron chi connectivity index (χ1n) is 6.13. The third kappa shape index (κ3) is 3.66. The minimum atomic E-state index is -3.74. The molecule has 1 saturated carbocycles. The Kier molecular flexibility index (Phi) is 3.74.